The van der Waals surface area contributed by atoms with Gasteiger partial charge in [0, 0.05) is 14.1 Å². The van der Waals surface area contributed by atoms with Gasteiger partial charge in [0.1, 0.15) is 6.54 Å². The van der Waals surface area contributed by atoms with Crippen molar-refractivity contribution in [1.82, 2.24) is 4.90 Å². The highest BCUT2D eigenvalue weighted by Gasteiger charge is 2.28. The smallest absolute Gasteiger partial charge is 0.264 e. The van der Waals surface area contributed by atoms with Gasteiger partial charge in [-0.3, -0.25) is 9.10 Å². The zero-order valence-electron chi connectivity index (χ0n) is 14.1. The molecule has 5 nitrogen and oxygen atoms in total. The van der Waals surface area contributed by atoms with E-state index in [0.717, 1.165) is 5.56 Å². The number of hydrogen-bond acceptors (Lipinski definition) is 3. The maximum absolute atomic E-state index is 13.1. The number of carbonyl (C=O) groups excluding carboxylic acids is 1. The van der Waals surface area contributed by atoms with Gasteiger partial charge in [-0.05, 0) is 30.2 Å². The van der Waals surface area contributed by atoms with Crippen molar-refractivity contribution in [3.63, 3.8) is 0 Å². The number of sulfonamides is 1. The van der Waals surface area contributed by atoms with Gasteiger partial charge >= 0.3 is 0 Å². The van der Waals surface area contributed by atoms with Crippen LogP contribution in [0, 0.1) is 0 Å². The minimum Gasteiger partial charge on any atom is -0.347 e. The number of carbonyl (C=O) groups is 1. The highest BCUT2D eigenvalue weighted by molar-refractivity contribution is 7.92. The molecule has 0 atom stereocenters. The zero-order valence-corrected chi connectivity index (χ0v) is 15.0. The molecule has 0 unspecified atom stereocenters. The van der Waals surface area contributed by atoms with Gasteiger partial charge in [-0.1, -0.05) is 43.3 Å². The van der Waals surface area contributed by atoms with E-state index in [1.165, 1.54) is 21.3 Å². The number of para-hydroxylation sites is 1. The van der Waals surface area contributed by atoms with Crippen LogP contribution in [0.3, 0.4) is 0 Å². The molecule has 0 aromatic heterocycles. The summed E-state index contributed by atoms with van der Waals surface area (Å²) in [5, 5.41) is 0. The summed E-state index contributed by atoms with van der Waals surface area (Å²) >= 11 is 0. The molecule has 0 bridgehead atoms. The first-order valence-corrected chi connectivity index (χ1v) is 9.17. The summed E-state index contributed by atoms with van der Waals surface area (Å²) in [5.41, 5.74) is 1.42. The Morgan fingerprint density at radius 2 is 1.54 bits per heavy atom. The first-order valence-electron chi connectivity index (χ1n) is 7.73. The third-order valence-electron chi connectivity index (χ3n) is 3.75. The first kappa shape index (κ1) is 18.0. The molecule has 6 heteroatoms. The van der Waals surface area contributed by atoms with Crippen LogP contribution in [0.2, 0.25) is 0 Å². The van der Waals surface area contributed by atoms with Crippen molar-refractivity contribution < 1.29 is 13.2 Å². The van der Waals surface area contributed by atoms with Crippen LogP contribution >= 0.6 is 0 Å². The quantitative estimate of drug-likeness (QED) is 0.808. The molecule has 0 radical (unpaired) electrons. The Morgan fingerprint density at radius 3 is 2.12 bits per heavy atom. The van der Waals surface area contributed by atoms with Gasteiger partial charge < -0.3 is 4.90 Å². The van der Waals surface area contributed by atoms with Gasteiger partial charge in [-0.15, -0.1) is 0 Å². The number of hydrogen-bond donors (Lipinski definition) is 0. The maximum atomic E-state index is 13.1. The second-order valence-electron chi connectivity index (χ2n) is 5.60. The molecule has 0 aliphatic carbocycles. The lowest BCUT2D eigenvalue weighted by molar-refractivity contribution is -0.127. The number of aryl methyl sites for hydroxylation is 1. The molecule has 0 fully saturated rings. The highest BCUT2D eigenvalue weighted by Crippen LogP contribution is 2.27. The van der Waals surface area contributed by atoms with Gasteiger partial charge in [0.2, 0.25) is 5.91 Å². The van der Waals surface area contributed by atoms with Crippen LogP contribution in [0.5, 0.6) is 0 Å². The molecule has 0 heterocycles. The molecule has 2 aromatic rings. The highest BCUT2D eigenvalue weighted by atomic mass is 32.2. The molecule has 2 aromatic carbocycles. The van der Waals surface area contributed by atoms with Crippen LogP contribution in [0.1, 0.15) is 12.5 Å². The van der Waals surface area contributed by atoms with Crippen molar-refractivity contribution in [3.05, 3.63) is 60.2 Å². The Balaban J connectivity index is 2.57. The van der Waals surface area contributed by atoms with E-state index in [4.69, 9.17) is 0 Å². The Hall–Kier alpha value is -2.34. The summed E-state index contributed by atoms with van der Waals surface area (Å²) in [7, 11) is -0.605. The molecular weight excluding hydrogens is 324 g/mol. The molecular formula is C18H22N2O3S. The SMILES string of the molecule is CCc1ccccc1N(CC(=O)N(C)C)S(=O)(=O)c1ccccc1. The van der Waals surface area contributed by atoms with Crippen LogP contribution in [-0.4, -0.2) is 39.9 Å². The van der Waals surface area contributed by atoms with Crippen molar-refractivity contribution in [3.8, 4) is 0 Å². The van der Waals surface area contributed by atoms with Crippen LogP contribution in [0.4, 0.5) is 5.69 Å². The van der Waals surface area contributed by atoms with E-state index in [9.17, 15) is 13.2 Å². The van der Waals surface area contributed by atoms with E-state index in [1.807, 2.05) is 19.1 Å². The van der Waals surface area contributed by atoms with Crippen LogP contribution < -0.4 is 4.31 Å². The van der Waals surface area contributed by atoms with Crippen molar-refractivity contribution in [1.29, 1.82) is 0 Å². The minimum absolute atomic E-state index is 0.169. The molecule has 24 heavy (non-hydrogen) atoms. The second kappa shape index (κ2) is 7.49. The molecule has 0 aliphatic heterocycles. The number of anilines is 1. The van der Waals surface area contributed by atoms with E-state index in [-0.39, 0.29) is 17.3 Å². The Labute approximate surface area is 143 Å². The fourth-order valence-corrected chi connectivity index (χ4v) is 3.81. The maximum Gasteiger partial charge on any atom is 0.264 e. The van der Waals surface area contributed by atoms with E-state index in [2.05, 4.69) is 0 Å². The van der Waals surface area contributed by atoms with Gasteiger partial charge in [0.05, 0.1) is 10.6 Å². The molecule has 0 aliphatic rings. The number of amides is 1. The molecule has 0 saturated carbocycles. The van der Waals surface area contributed by atoms with Crippen molar-refractivity contribution in [2.24, 2.45) is 0 Å². The van der Waals surface area contributed by atoms with Crippen LogP contribution in [0.25, 0.3) is 0 Å². The number of likely N-dealkylation sites (N-methyl/N-ethyl adjacent to an activating group) is 1. The summed E-state index contributed by atoms with van der Waals surface area (Å²) in [6.07, 6.45) is 0.674. The normalized spacial score (nSPS) is 11.1. The summed E-state index contributed by atoms with van der Waals surface area (Å²) in [6, 6.07) is 15.4. The predicted molar refractivity (Wildman–Crippen MR) is 95.5 cm³/mol. The third kappa shape index (κ3) is 3.76. The molecule has 1 amide bonds. The van der Waals surface area contributed by atoms with Gasteiger partial charge in [0.15, 0.2) is 0 Å². The monoisotopic (exact) mass is 346 g/mol. The predicted octanol–water partition coefficient (Wildman–Crippen LogP) is 2.53. The lowest BCUT2D eigenvalue weighted by atomic mass is 10.1. The average molecular weight is 346 g/mol. The number of benzene rings is 2. The second-order valence-corrected chi connectivity index (χ2v) is 7.46. The standard InChI is InChI=1S/C18H22N2O3S/c1-4-15-10-8-9-13-17(15)20(14-18(21)19(2)3)24(22,23)16-11-6-5-7-12-16/h5-13H,4,14H2,1-3H3. The van der Waals surface area contributed by atoms with Crippen molar-refractivity contribution in [2.75, 3.05) is 24.9 Å². The fourth-order valence-electron chi connectivity index (χ4n) is 2.34. The Bertz CT molecular complexity index is 802. The number of rotatable bonds is 6. The molecule has 0 saturated heterocycles. The Morgan fingerprint density at radius 1 is 0.958 bits per heavy atom. The molecule has 0 N–H and O–H groups in total. The molecule has 128 valence electrons. The van der Waals surface area contributed by atoms with Gasteiger partial charge in [-0.25, -0.2) is 8.42 Å². The first-order chi connectivity index (χ1) is 11.4. The molecule has 2 rings (SSSR count). The summed E-state index contributed by atoms with van der Waals surface area (Å²) in [6.45, 7) is 1.72. The summed E-state index contributed by atoms with van der Waals surface area (Å²) in [5.74, 6) is -0.277. The lowest BCUT2D eigenvalue weighted by Crippen LogP contribution is -2.40. The lowest BCUT2D eigenvalue weighted by Gasteiger charge is -2.27. The largest absolute Gasteiger partial charge is 0.347 e. The third-order valence-corrected chi connectivity index (χ3v) is 5.52. The number of nitrogens with zero attached hydrogens (tertiary/aromatic N) is 2. The zero-order chi connectivity index (χ0) is 17.7. The fraction of sp³-hybridized carbons (Fsp3) is 0.278. The van der Waals surface area contributed by atoms with E-state index < -0.39 is 10.0 Å². The minimum atomic E-state index is -3.83. The van der Waals surface area contributed by atoms with Crippen LogP contribution in [-0.2, 0) is 21.2 Å². The summed E-state index contributed by atoms with van der Waals surface area (Å²) < 4.78 is 27.4. The van der Waals surface area contributed by atoms with Crippen molar-refractivity contribution in [2.45, 2.75) is 18.2 Å². The average Bonchev–Trinajstić information content (AvgIpc) is 2.60. The Kier molecular flexibility index (Phi) is 5.62. The van der Waals surface area contributed by atoms with Crippen LogP contribution in [0.15, 0.2) is 59.5 Å². The van der Waals surface area contributed by atoms with Crippen molar-refractivity contribution >= 4 is 21.6 Å². The van der Waals surface area contributed by atoms with E-state index in [1.54, 1.807) is 44.4 Å². The summed E-state index contributed by atoms with van der Waals surface area (Å²) in [4.78, 5) is 13.8. The van der Waals surface area contributed by atoms with Gasteiger partial charge in [0.25, 0.3) is 10.0 Å². The van der Waals surface area contributed by atoms with E-state index >= 15 is 0 Å². The van der Waals surface area contributed by atoms with E-state index in [0.29, 0.717) is 12.1 Å². The van der Waals surface area contributed by atoms with Gasteiger partial charge in [-0.2, -0.15) is 0 Å². The molecule has 0 spiro atoms. The topological polar surface area (TPSA) is 57.7 Å².